The number of rotatable bonds is 2. The monoisotopic (exact) mass is 259 g/mol. The standard InChI is InChI=1S/C9H13N3O2S2/c1-6(2)5-10-9-11-8-7(3-4-15-8)16(13,14)12-9/h3-4,6H,5H2,1-2H3,(H2,10,11,12). The van der Waals surface area contributed by atoms with E-state index in [4.69, 9.17) is 0 Å². The van der Waals surface area contributed by atoms with Crippen molar-refractivity contribution >= 4 is 32.3 Å². The van der Waals surface area contributed by atoms with E-state index in [0.29, 0.717) is 23.4 Å². The van der Waals surface area contributed by atoms with Crippen molar-refractivity contribution in [3.8, 4) is 0 Å². The fourth-order valence-electron chi connectivity index (χ4n) is 1.26. The molecule has 0 amide bonds. The lowest BCUT2D eigenvalue weighted by Crippen LogP contribution is -2.43. The lowest BCUT2D eigenvalue weighted by Gasteiger charge is -2.17. The second kappa shape index (κ2) is 4.06. The van der Waals surface area contributed by atoms with Crippen molar-refractivity contribution < 1.29 is 8.42 Å². The fourth-order valence-corrected chi connectivity index (χ4v) is 3.48. The smallest absolute Gasteiger partial charge is 0.267 e. The van der Waals surface area contributed by atoms with Crippen molar-refractivity contribution in [1.82, 2.24) is 10.0 Å². The Kier molecular flexibility index (Phi) is 2.90. The van der Waals surface area contributed by atoms with Gasteiger partial charge in [-0.15, -0.1) is 11.3 Å². The summed E-state index contributed by atoms with van der Waals surface area (Å²) in [4.78, 5) is 4.46. The first kappa shape index (κ1) is 11.4. The van der Waals surface area contributed by atoms with Crippen LogP contribution in [-0.4, -0.2) is 20.9 Å². The van der Waals surface area contributed by atoms with Crippen LogP contribution in [0.3, 0.4) is 0 Å². The van der Waals surface area contributed by atoms with Gasteiger partial charge < -0.3 is 5.32 Å². The Labute approximate surface area is 98.6 Å². The maximum absolute atomic E-state index is 11.8. The van der Waals surface area contributed by atoms with E-state index in [1.807, 2.05) is 13.8 Å². The summed E-state index contributed by atoms with van der Waals surface area (Å²) in [5.41, 5.74) is 0. The van der Waals surface area contributed by atoms with E-state index in [1.165, 1.54) is 11.3 Å². The molecule has 1 aromatic rings. The Morgan fingerprint density at radius 1 is 1.56 bits per heavy atom. The molecule has 0 radical (unpaired) electrons. The number of nitrogens with one attached hydrogen (secondary N) is 2. The molecule has 0 bridgehead atoms. The number of nitrogens with zero attached hydrogens (tertiary/aromatic N) is 1. The molecule has 0 aromatic carbocycles. The predicted octanol–water partition coefficient (Wildman–Crippen LogP) is 1.27. The van der Waals surface area contributed by atoms with Crippen LogP contribution in [-0.2, 0) is 10.0 Å². The average molecular weight is 259 g/mol. The van der Waals surface area contributed by atoms with Crippen LogP contribution in [0.2, 0.25) is 0 Å². The van der Waals surface area contributed by atoms with Gasteiger partial charge in [0.1, 0.15) is 9.90 Å². The summed E-state index contributed by atoms with van der Waals surface area (Å²) >= 11 is 1.32. The molecule has 0 unspecified atom stereocenters. The zero-order valence-electron chi connectivity index (χ0n) is 9.02. The zero-order valence-corrected chi connectivity index (χ0v) is 10.7. The van der Waals surface area contributed by atoms with Crippen molar-refractivity contribution in [2.75, 3.05) is 6.54 Å². The van der Waals surface area contributed by atoms with Gasteiger partial charge in [0.15, 0.2) is 0 Å². The normalized spacial score (nSPS) is 17.6. The summed E-state index contributed by atoms with van der Waals surface area (Å²) in [5, 5.41) is 5.23. The van der Waals surface area contributed by atoms with Crippen LogP contribution in [0.4, 0.5) is 5.00 Å². The SMILES string of the molecule is CC(C)CNC1=Nc2sccc2S(=O)(=O)N1. The van der Waals surface area contributed by atoms with Gasteiger partial charge in [-0.25, -0.2) is 18.1 Å². The van der Waals surface area contributed by atoms with Gasteiger partial charge in [-0.05, 0) is 17.4 Å². The zero-order chi connectivity index (χ0) is 11.8. The number of hydrogen-bond acceptors (Lipinski definition) is 5. The van der Waals surface area contributed by atoms with Gasteiger partial charge in [-0.3, -0.25) is 0 Å². The summed E-state index contributed by atoms with van der Waals surface area (Å²) < 4.78 is 25.9. The molecule has 7 heteroatoms. The maximum atomic E-state index is 11.8. The molecule has 0 aliphatic carbocycles. The molecular formula is C9H13N3O2S2. The molecule has 0 fully saturated rings. The first-order valence-electron chi connectivity index (χ1n) is 4.92. The number of sulfonamides is 1. The number of guanidine groups is 1. The van der Waals surface area contributed by atoms with Crippen LogP contribution in [0, 0.1) is 5.92 Å². The molecule has 0 saturated carbocycles. The Hall–Kier alpha value is -1.08. The molecule has 1 aromatic heterocycles. The van der Waals surface area contributed by atoms with Crippen LogP contribution in [0.15, 0.2) is 21.3 Å². The molecule has 1 aliphatic rings. The highest BCUT2D eigenvalue weighted by molar-refractivity contribution is 7.90. The molecule has 2 heterocycles. The van der Waals surface area contributed by atoms with Crippen molar-refractivity contribution in [2.24, 2.45) is 10.9 Å². The van der Waals surface area contributed by atoms with Gasteiger partial charge in [-0.2, -0.15) is 0 Å². The van der Waals surface area contributed by atoms with Crippen molar-refractivity contribution in [2.45, 2.75) is 18.7 Å². The molecule has 2 N–H and O–H groups in total. The molecule has 0 spiro atoms. The van der Waals surface area contributed by atoms with Crippen molar-refractivity contribution in [1.29, 1.82) is 0 Å². The molecule has 5 nitrogen and oxygen atoms in total. The first-order chi connectivity index (χ1) is 7.49. The fraction of sp³-hybridized carbons (Fsp3) is 0.444. The molecule has 16 heavy (non-hydrogen) atoms. The molecular weight excluding hydrogens is 246 g/mol. The third-order valence-electron chi connectivity index (χ3n) is 2.02. The van der Waals surface area contributed by atoms with Crippen LogP contribution < -0.4 is 10.0 Å². The lowest BCUT2D eigenvalue weighted by atomic mass is 10.2. The van der Waals surface area contributed by atoms with Gasteiger partial charge in [0.2, 0.25) is 5.96 Å². The number of thiophene rings is 1. The summed E-state index contributed by atoms with van der Waals surface area (Å²) in [6.07, 6.45) is 0. The summed E-state index contributed by atoms with van der Waals surface area (Å²) in [6.45, 7) is 4.77. The van der Waals surface area contributed by atoms with Crippen molar-refractivity contribution in [3.05, 3.63) is 11.4 Å². The summed E-state index contributed by atoms with van der Waals surface area (Å²) in [5.74, 6) is 0.737. The average Bonchev–Trinajstić information content (AvgIpc) is 2.62. The molecule has 0 atom stereocenters. The minimum Gasteiger partial charge on any atom is -0.355 e. The first-order valence-corrected chi connectivity index (χ1v) is 7.28. The summed E-state index contributed by atoms with van der Waals surface area (Å²) in [7, 11) is -3.43. The third-order valence-corrected chi connectivity index (χ3v) is 4.33. The predicted molar refractivity (Wildman–Crippen MR) is 64.6 cm³/mol. The van der Waals surface area contributed by atoms with Crippen molar-refractivity contribution in [3.63, 3.8) is 0 Å². The quantitative estimate of drug-likeness (QED) is 0.840. The highest BCUT2D eigenvalue weighted by Crippen LogP contribution is 2.32. The number of aliphatic imine (C=N–C) groups is 1. The van der Waals surface area contributed by atoms with Crippen LogP contribution in [0.25, 0.3) is 0 Å². The van der Waals surface area contributed by atoms with E-state index >= 15 is 0 Å². The second-order valence-electron chi connectivity index (χ2n) is 3.93. The summed E-state index contributed by atoms with van der Waals surface area (Å²) in [6, 6.07) is 1.56. The van der Waals surface area contributed by atoms with Gasteiger partial charge in [-0.1, -0.05) is 13.8 Å². The van der Waals surface area contributed by atoms with Crippen LogP contribution in [0.5, 0.6) is 0 Å². The number of hydrogen-bond donors (Lipinski definition) is 2. The van der Waals surface area contributed by atoms with Crippen LogP contribution >= 0.6 is 11.3 Å². The maximum Gasteiger partial charge on any atom is 0.267 e. The molecule has 1 aliphatic heterocycles. The Morgan fingerprint density at radius 2 is 2.31 bits per heavy atom. The molecule has 88 valence electrons. The lowest BCUT2D eigenvalue weighted by molar-refractivity contribution is 0.586. The topological polar surface area (TPSA) is 70.6 Å². The Bertz CT molecular complexity index is 517. The second-order valence-corrected chi connectivity index (χ2v) is 6.48. The van der Waals surface area contributed by atoms with E-state index in [2.05, 4.69) is 15.0 Å². The van der Waals surface area contributed by atoms with E-state index in [1.54, 1.807) is 11.4 Å². The Morgan fingerprint density at radius 3 is 3.00 bits per heavy atom. The largest absolute Gasteiger partial charge is 0.355 e. The van der Waals surface area contributed by atoms with Gasteiger partial charge in [0, 0.05) is 6.54 Å². The third kappa shape index (κ3) is 2.19. The van der Waals surface area contributed by atoms with E-state index < -0.39 is 10.0 Å². The molecule has 0 saturated heterocycles. The Balaban J connectivity index is 2.26. The number of fused-ring (bicyclic) bond motifs is 1. The minimum absolute atomic E-state index is 0.257. The van der Waals surface area contributed by atoms with Gasteiger partial charge in [0.05, 0.1) is 0 Å². The van der Waals surface area contributed by atoms with Gasteiger partial charge in [0.25, 0.3) is 10.0 Å². The van der Waals surface area contributed by atoms with Gasteiger partial charge >= 0.3 is 0 Å². The van der Waals surface area contributed by atoms with Crippen LogP contribution in [0.1, 0.15) is 13.8 Å². The van der Waals surface area contributed by atoms with E-state index in [-0.39, 0.29) is 4.90 Å². The highest BCUT2D eigenvalue weighted by Gasteiger charge is 2.26. The van der Waals surface area contributed by atoms with E-state index in [9.17, 15) is 8.42 Å². The molecule has 2 rings (SSSR count). The highest BCUT2D eigenvalue weighted by atomic mass is 32.2. The minimum atomic E-state index is -3.43. The van der Waals surface area contributed by atoms with E-state index in [0.717, 1.165) is 0 Å².